The van der Waals surface area contributed by atoms with Crippen LogP contribution in [0.25, 0.3) is 0 Å². The van der Waals surface area contributed by atoms with Crippen molar-refractivity contribution >= 4 is 16.0 Å². The molecule has 0 bridgehead atoms. The molecule has 0 aliphatic carbocycles. The average molecular weight is 315 g/mol. The van der Waals surface area contributed by atoms with Crippen molar-refractivity contribution in [3.05, 3.63) is 28.8 Å². The van der Waals surface area contributed by atoms with Gasteiger partial charge in [-0.3, -0.25) is 0 Å². The van der Waals surface area contributed by atoms with Gasteiger partial charge in [0.1, 0.15) is 0 Å². The third-order valence-corrected chi connectivity index (χ3v) is 4.82. The molecule has 3 N–H and O–H groups in total. The van der Waals surface area contributed by atoms with E-state index in [1.807, 2.05) is 0 Å². The fraction of sp³-hybridized carbons (Fsp3) is 0.500. The molecule has 0 aromatic heterocycles. The predicted octanol–water partition coefficient (Wildman–Crippen LogP) is 1.44. The van der Waals surface area contributed by atoms with Crippen LogP contribution in [0.5, 0.6) is 0 Å². The first-order valence-electron chi connectivity index (χ1n) is 6.59. The highest BCUT2D eigenvalue weighted by Gasteiger charge is 2.23. The highest BCUT2D eigenvalue weighted by molar-refractivity contribution is 7.89. The number of aryl methyl sites for hydroxylation is 2. The van der Waals surface area contributed by atoms with E-state index in [0.29, 0.717) is 11.1 Å². The smallest absolute Gasteiger partial charge is 0.335 e. The number of hydrogen-bond donors (Lipinski definition) is 3. The zero-order valence-corrected chi connectivity index (χ0v) is 13.4. The molecule has 1 aromatic rings. The Hall–Kier alpha value is -1.44. The molecule has 0 saturated carbocycles. The molecule has 0 radical (unpaired) electrons. The number of aromatic carboxylic acids is 1. The second-order valence-electron chi connectivity index (χ2n) is 5.34. The minimum absolute atomic E-state index is 0.0378. The molecule has 1 rings (SSSR count). The minimum atomic E-state index is -3.83. The normalized spacial score (nSPS) is 14.7. The first kappa shape index (κ1) is 17.6. The van der Waals surface area contributed by atoms with E-state index in [-0.39, 0.29) is 16.9 Å². The lowest BCUT2D eigenvalue weighted by Crippen LogP contribution is -2.35. The molecule has 0 aliphatic rings. The summed E-state index contributed by atoms with van der Waals surface area (Å²) in [6.07, 6.45) is -0.355. The molecule has 2 unspecified atom stereocenters. The highest BCUT2D eigenvalue weighted by atomic mass is 32.2. The Labute approximate surface area is 124 Å². The lowest BCUT2D eigenvalue weighted by molar-refractivity contribution is 0.0696. The lowest BCUT2D eigenvalue weighted by atomic mass is 10.1. The second kappa shape index (κ2) is 6.55. The van der Waals surface area contributed by atoms with E-state index in [1.165, 1.54) is 12.1 Å². The maximum absolute atomic E-state index is 12.3. The summed E-state index contributed by atoms with van der Waals surface area (Å²) in [5.41, 5.74) is 0.953. The summed E-state index contributed by atoms with van der Waals surface area (Å²) in [7, 11) is -3.83. The van der Waals surface area contributed by atoms with Crippen LogP contribution in [0.15, 0.2) is 17.0 Å². The molecule has 2 atom stereocenters. The van der Waals surface area contributed by atoms with Gasteiger partial charge in [0.25, 0.3) is 0 Å². The third-order valence-electron chi connectivity index (χ3n) is 3.09. The van der Waals surface area contributed by atoms with Crippen LogP contribution in [0.2, 0.25) is 0 Å². The summed E-state index contributed by atoms with van der Waals surface area (Å²) in [6.45, 7) is 6.46. The second-order valence-corrected chi connectivity index (χ2v) is 7.03. The van der Waals surface area contributed by atoms with Crippen LogP contribution in [0.3, 0.4) is 0 Å². The Morgan fingerprint density at radius 2 is 1.81 bits per heavy atom. The van der Waals surface area contributed by atoms with Gasteiger partial charge in [-0.2, -0.15) is 0 Å². The van der Waals surface area contributed by atoms with Crippen molar-refractivity contribution in [1.82, 2.24) is 4.72 Å². The number of nitrogens with one attached hydrogen (secondary N) is 1. The van der Waals surface area contributed by atoms with Gasteiger partial charge in [-0.05, 0) is 51.3 Å². The molecule has 21 heavy (non-hydrogen) atoms. The minimum Gasteiger partial charge on any atom is -0.478 e. The summed E-state index contributed by atoms with van der Waals surface area (Å²) in [5.74, 6) is -1.17. The van der Waals surface area contributed by atoms with Crippen LogP contribution in [0.1, 0.15) is 41.8 Å². The molecule has 0 saturated heterocycles. The molecular formula is C14H21NO5S. The van der Waals surface area contributed by atoms with E-state index >= 15 is 0 Å². The SMILES string of the molecule is Cc1cc(C)c(S(=O)(=O)NC(C)CC(C)O)cc1C(=O)O. The van der Waals surface area contributed by atoms with Crippen LogP contribution in [0.4, 0.5) is 0 Å². The molecule has 0 fully saturated rings. The van der Waals surface area contributed by atoms with Crippen LogP contribution in [0, 0.1) is 13.8 Å². The van der Waals surface area contributed by atoms with Crippen LogP contribution < -0.4 is 4.72 Å². The van der Waals surface area contributed by atoms with Crippen molar-refractivity contribution in [3.8, 4) is 0 Å². The quantitative estimate of drug-likeness (QED) is 0.737. The number of sulfonamides is 1. The molecule has 7 heteroatoms. The summed E-state index contributed by atoms with van der Waals surface area (Å²) in [6, 6.07) is 2.26. The third kappa shape index (κ3) is 4.52. The van der Waals surface area contributed by atoms with Crippen LogP contribution in [-0.2, 0) is 10.0 Å². The zero-order valence-electron chi connectivity index (χ0n) is 12.5. The molecular weight excluding hydrogens is 294 g/mol. The number of rotatable bonds is 6. The van der Waals surface area contributed by atoms with Crippen LogP contribution in [-0.4, -0.2) is 36.7 Å². The number of aliphatic hydroxyl groups is 1. The van der Waals surface area contributed by atoms with Gasteiger partial charge in [0.05, 0.1) is 16.6 Å². The van der Waals surface area contributed by atoms with E-state index < -0.39 is 28.1 Å². The van der Waals surface area contributed by atoms with Gasteiger partial charge >= 0.3 is 5.97 Å². The first-order valence-corrected chi connectivity index (χ1v) is 8.08. The number of carboxylic acid groups (broad SMARTS) is 1. The monoisotopic (exact) mass is 315 g/mol. The predicted molar refractivity (Wildman–Crippen MR) is 79.0 cm³/mol. The van der Waals surface area contributed by atoms with E-state index in [2.05, 4.69) is 4.72 Å². The summed E-state index contributed by atoms with van der Waals surface area (Å²) in [5, 5.41) is 18.4. The van der Waals surface area contributed by atoms with Crippen molar-refractivity contribution in [2.24, 2.45) is 0 Å². The van der Waals surface area contributed by atoms with Gasteiger partial charge in [0.2, 0.25) is 10.0 Å². The van der Waals surface area contributed by atoms with E-state index in [1.54, 1.807) is 27.7 Å². The highest BCUT2D eigenvalue weighted by Crippen LogP contribution is 2.21. The fourth-order valence-corrected chi connectivity index (χ4v) is 3.75. The van der Waals surface area contributed by atoms with E-state index in [0.717, 1.165) is 0 Å². The molecule has 0 aliphatic heterocycles. The summed E-state index contributed by atoms with van der Waals surface area (Å²) >= 11 is 0. The molecule has 6 nitrogen and oxygen atoms in total. The number of carbonyl (C=O) groups is 1. The maximum Gasteiger partial charge on any atom is 0.335 e. The topological polar surface area (TPSA) is 104 Å². The number of hydrogen-bond acceptors (Lipinski definition) is 4. The number of aliphatic hydroxyl groups excluding tert-OH is 1. The van der Waals surface area contributed by atoms with Gasteiger partial charge in [0, 0.05) is 6.04 Å². The first-order chi connectivity index (χ1) is 9.54. The molecule has 118 valence electrons. The summed E-state index contributed by atoms with van der Waals surface area (Å²) < 4.78 is 27.1. The summed E-state index contributed by atoms with van der Waals surface area (Å²) in [4.78, 5) is 11.1. The van der Waals surface area contributed by atoms with Gasteiger partial charge in [-0.25, -0.2) is 17.9 Å². The Balaban J connectivity index is 3.19. The lowest BCUT2D eigenvalue weighted by Gasteiger charge is -2.17. The van der Waals surface area contributed by atoms with E-state index in [4.69, 9.17) is 5.11 Å². The van der Waals surface area contributed by atoms with Gasteiger partial charge in [-0.15, -0.1) is 0 Å². The molecule has 0 spiro atoms. The Morgan fingerprint density at radius 3 is 2.29 bits per heavy atom. The number of benzene rings is 1. The Kier molecular flexibility index (Phi) is 5.49. The maximum atomic E-state index is 12.3. The van der Waals surface area contributed by atoms with Crippen LogP contribution >= 0.6 is 0 Å². The molecule has 1 aromatic carbocycles. The Bertz CT molecular complexity index is 637. The van der Waals surface area contributed by atoms with Gasteiger partial charge in [-0.1, -0.05) is 6.07 Å². The van der Waals surface area contributed by atoms with E-state index in [9.17, 15) is 18.3 Å². The fourth-order valence-electron chi connectivity index (χ4n) is 2.24. The van der Waals surface area contributed by atoms with Crippen molar-refractivity contribution in [3.63, 3.8) is 0 Å². The zero-order chi connectivity index (χ0) is 16.4. The van der Waals surface area contributed by atoms with Gasteiger partial charge < -0.3 is 10.2 Å². The van der Waals surface area contributed by atoms with Crippen molar-refractivity contribution in [2.75, 3.05) is 0 Å². The van der Waals surface area contributed by atoms with Crippen molar-refractivity contribution < 1.29 is 23.4 Å². The van der Waals surface area contributed by atoms with Gasteiger partial charge in [0.15, 0.2) is 0 Å². The van der Waals surface area contributed by atoms with Crippen molar-refractivity contribution in [1.29, 1.82) is 0 Å². The Morgan fingerprint density at radius 1 is 1.24 bits per heavy atom. The number of carboxylic acids is 1. The largest absolute Gasteiger partial charge is 0.478 e. The van der Waals surface area contributed by atoms with Crippen molar-refractivity contribution in [2.45, 2.75) is 51.2 Å². The average Bonchev–Trinajstić information content (AvgIpc) is 2.25. The molecule has 0 amide bonds. The standard InChI is InChI=1S/C14H21NO5S/c1-8-5-9(2)13(7-12(8)14(17)18)21(19,20)15-10(3)6-11(4)16/h5,7,10-11,15-16H,6H2,1-4H3,(H,17,18). The molecule has 0 heterocycles.